The van der Waals surface area contributed by atoms with E-state index in [0.717, 1.165) is 11.8 Å². The number of nitrogens with zero attached hydrogens (tertiary/aromatic N) is 1. The smallest absolute Gasteiger partial charge is 0.319 e. The molecule has 0 heterocycles. The van der Waals surface area contributed by atoms with Crippen molar-refractivity contribution < 1.29 is 14.5 Å². The second-order valence-corrected chi connectivity index (χ2v) is 6.40. The summed E-state index contributed by atoms with van der Waals surface area (Å²) in [5, 5.41) is 10.4. The zero-order chi connectivity index (χ0) is 14.6. The number of hydrogen-bond donors (Lipinski definition) is 0. The molecule has 0 radical (unpaired) electrons. The Balaban J connectivity index is 2.80. The van der Waals surface area contributed by atoms with Gasteiger partial charge in [-0.15, -0.1) is 11.8 Å². The molecule has 6 heteroatoms. The van der Waals surface area contributed by atoms with E-state index in [4.69, 9.17) is 4.74 Å². The molecule has 0 aromatic heterocycles. The minimum absolute atomic E-state index is 0.00269. The molecule has 19 heavy (non-hydrogen) atoms. The van der Waals surface area contributed by atoms with Crippen LogP contribution in [0.15, 0.2) is 29.2 Å². The van der Waals surface area contributed by atoms with E-state index in [1.807, 2.05) is 0 Å². The number of hydrogen-bond acceptors (Lipinski definition) is 5. The highest BCUT2D eigenvalue weighted by atomic mass is 32.2. The van der Waals surface area contributed by atoms with Crippen molar-refractivity contribution in [2.45, 2.75) is 43.4 Å². The molecule has 0 N–H and O–H groups in total. The largest absolute Gasteiger partial charge is 0.459 e. The van der Waals surface area contributed by atoms with Gasteiger partial charge in [-0.2, -0.15) is 0 Å². The van der Waals surface area contributed by atoms with Crippen molar-refractivity contribution in [3.8, 4) is 0 Å². The van der Waals surface area contributed by atoms with Crippen LogP contribution < -0.4 is 0 Å². The fourth-order valence-electron chi connectivity index (χ4n) is 1.33. The number of rotatable bonds is 4. The van der Waals surface area contributed by atoms with Gasteiger partial charge in [0.2, 0.25) is 0 Å². The third-order valence-electron chi connectivity index (χ3n) is 2.10. The molecule has 0 saturated heterocycles. The Bertz CT molecular complexity index is 482. The normalized spacial score (nSPS) is 12.8. The first kappa shape index (κ1) is 15.5. The van der Waals surface area contributed by atoms with Gasteiger partial charge in [0, 0.05) is 6.07 Å². The van der Waals surface area contributed by atoms with E-state index in [9.17, 15) is 14.9 Å². The Morgan fingerprint density at radius 3 is 2.47 bits per heavy atom. The van der Waals surface area contributed by atoms with Gasteiger partial charge in [-0.25, -0.2) is 0 Å². The fraction of sp³-hybridized carbons (Fsp3) is 0.462. The molecule has 0 spiro atoms. The first-order valence-electron chi connectivity index (χ1n) is 5.83. The number of nitro benzene ring substituents is 1. The molecule has 1 aromatic rings. The second kappa shape index (κ2) is 6.06. The van der Waals surface area contributed by atoms with Crippen LogP contribution in [-0.4, -0.2) is 21.7 Å². The number of thioether (sulfide) groups is 1. The molecule has 5 nitrogen and oxygen atoms in total. The molecule has 0 fully saturated rings. The maximum atomic E-state index is 11.8. The van der Waals surface area contributed by atoms with Gasteiger partial charge in [-0.1, -0.05) is 12.1 Å². The van der Waals surface area contributed by atoms with Crippen LogP contribution in [0.5, 0.6) is 0 Å². The maximum absolute atomic E-state index is 11.8. The third kappa shape index (κ3) is 4.90. The lowest BCUT2D eigenvalue weighted by molar-refractivity contribution is -0.387. The first-order chi connectivity index (χ1) is 8.70. The summed E-state index contributed by atoms with van der Waals surface area (Å²) >= 11 is 1.13. The van der Waals surface area contributed by atoms with Gasteiger partial charge in [-0.05, 0) is 33.8 Å². The van der Waals surface area contributed by atoms with Crippen LogP contribution in [0.4, 0.5) is 5.69 Å². The van der Waals surface area contributed by atoms with Gasteiger partial charge in [0.15, 0.2) is 0 Å². The predicted octanol–water partition coefficient (Wildman–Crippen LogP) is 3.42. The molecule has 0 aliphatic rings. The quantitative estimate of drug-likeness (QED) is 0.366. The summed E-state index contributed by atoms with van der Waals surface area (Å²) < 4.78 is 5.24. The van der Waals surface area contributed by atoms with Gasteiger partial charge in [0.05, 0.1) is 9.82 Å². The lowest BCUT2D eigenvalue weighted by Crippen LogP contribution is -2.28. The highest BCUT2D eigenvalue weighted by Crippen LogP contribution is 2.32. The maximum Gasteiger partial charge on any atom is 0.319 e. The SMILES string of the molecule is CC(Sc1ccccc1[N+](=O)[O-])C(=O)OC(C)(C)C. The minimum atomic E-state index is -0.561. The molecule has 1 aromatic carbocycles. The average molecular weight is 283 g/mol. The molecule has 0 amide bonds. The van der Waals surface area contributed by atoms with Crippen LogP contribution in [0.3, 0.4) is 0 Å². The molecular formula is C13H17NO4S. The molecule has 1 rings (SSSR count). The highest BCUT2D eigenvalue weighted by Gasteiger charge is 2.24. The number of carbonyl (C=O) groups is 1. The average Bonchev–Trinajstić information content (AvgIpc) is 2.27. The predicted molar refractivity (Wildman–Crippen MR) is 74.3 cm³/mol. The summed E-state index contributed by atoms with van der Waals surface area (Å²) in [4.78, 5) is 22.7. The van der Waals surface area contributed by atoms with Gasteiger partial charge in [-0.3, -0.25) is 14.9 Å². The molecule has 0 aliphatic heterocycles. The zero-order valence-corrected chi connectivity index (χ0v) is 12.2. The van der Waals surface area contributed by atoms with Crippen LogP contribution in [-0.2, 0) is 9.53 Å². The topological polar surface area (TPSA) is 69.4 Å². The summed E-state index contributed by atoms with van der Waals surface area (Å²) in [6.07, 6.45) is 0. The second-order valence-electron chi connectivity index (χ2n) is 5.02. The standard InChI is InChI=1S/C13H17NO4S/c1-9(12(15)18-13(2,3)4)19-11-8-6-5-7-10(11)14(16)17/h5-9H,1-4H3. The Hall–Kier alpha value is -1.56. The van der Waals surface area contributed by atoms with Crippen molar-refractivity contribution in [2.75, 3.05) is 0 Å². The van der Waals surface area contributed by atoms with Crippen molar-refractivity contribution in [1.29, 1.82) is 0 Å². The Morgan fingerprint density at radius 1 is 1.37 bits per heavy atom. The van der Waals surface area contributed by atoms with E-state index >= 15 is 0 Å². The summed E-state index contributed by atoms with van der Waals surface area (Å²) in [7, 11) is 0. The molecular weight excluding hydrogens is 266 g/mol. The van der Waals surface area contributed by atoms with Crippen molar-refractivity contribution in [3.05, 3.63) is 34.4 Å². The van der Waals surface area contributed by atoms with Crippen molar-refractivity contribution in [2.24, 2.45) is 0 Å². The Kier molecular flexibility index (Phi) is 4.94. The number of ether oxygens (including phenoxy) is 1. The van der Waals surface area contributed by atoms with Gasteiger partial charge >= 0.3 is 5.97 Å². The van der Waals surface area contributed by atoms with Crippen LogP contribution in [0.25, 0.3) is 0 Å². The van der Waals surface area contributed by atoms with E-state index in [-0.39, 0.29) is 11.7 Å². The molecule has 1 unspecified atom stereocenters. The van der Waals surface area contributed by atoms with Gasteiger partial charge in [0.1, 0.15) is 10.9 Å². The zero-order valence-electron chi connectivity index (χ0n) is 11.4. The number of esters is 1. The monoisotopic (exact) mass is 283 g/mol. The van der Waals surface area contributed by atoms with E-state index < -0.39 is 15.8 Å². The van der Waals surface area contributed by atoms with Crippen molar-refractivity contribution >= 4 is 23.4 Å². The Morgan fingerprint density at radius 2 is 1.95 bits per heavy atom. The molecule has 104 valence electrons. The van der Waals surface area contributed by atoms with Gasteiger partial charge in [0.25, 0.3) is 5.69 Å². The van der Waals surface area contributed by atoms with Crippen LogP contribution >= 0.6 is 11.8 Å². The summed E-state index contributed by atoms with van der Waals surface area (Å²) in [6, 6.07) is 6.35. The summed E-state index contributed by atoms with van der Waals surface area (Å²) in [6.45, 7) is 7.03. The molecule has 0 bridgehead atoms. The van der Waals surface area contributed by atoms with E-state index in [1.54, 1.807) is 45.9 Å². The van der Waals surface area contributed by atoms with Crippen molar-refractivity contribution in [1.82, 2.24) is 0 Å². The first-order valence-corrected chi connectivity index (χ1v) is 6.71. The molecule has 0 aliphatic carbocycles. The lowest BCUT2D eigenvalue weighted by atomic mass is 10.2. The summed E-state index contributed by atoms with van der Waals surface area (Å²) in [5.74, 6) is -0.379. The number of para-hydroxylation sites is 1. The van der Waals surface area contributed by atoms with E-state index in [0.29, 0.717) is 4.90 Å². The number of nitro groups is 1. The van der Waals surface area contributed by atoms with Crippen molar-refractivity contribution in [3.63, 3.8) is 0 Å². The van der Waals surface area contributed by atoms with E-state index in [2.05, 4.69) is 0 Å². The highest BCUT2D eigenvalue weighted by molar-refractivity contribution is 8.00. The number of benzene rings is 1. The minimum Gasteiger partial charge on any atom is -0.459 e. The molecule has 0 saturated carbocycles. The lowest BCUT2D eigenvalue weighted by Gasteiger charge is -2.21. The van der Waals surface area contributed by atoms with Crippen LogP contribution in [0, 0.1) is 10.1 Å². The number of carbonyl (C=O) groups excluding carboxylic acids is 1. The summed E-state index contributed by atoms with van der Waals surface area (Å²) in [5.41, 5.74) is -0.558. The third-order valence-corrected chi connectivity index (χ3v) is 3.25. The van der Waals surface area contributed by atoms with E-state index in [1.165, 1.54) is 6.07 Å². The van der Waals surface area contributed by atoms with Crippen LogP contribution in [0.1, 0.15) is 27.7 Å². The van der Waals surface area contributed by atoms with Crippen LogP contribution in [0.2, 0.25) is 0 Å². The fourth-order valence-corrected chi connectivity index (χ4v) is 2.28. The Labute approximate surface area is 116 Å². The van der Waals surface area contributed by atoms with Gasteiger partial charge < -0.3 is 4.74 Å². The molecule has 1 atom stereocenters.